The number of nitrogens with zero attached hydrogens (tertiary/aromatic N) is 1. The summed E-state index contributed by atoms with van der Waals surface area (Å²) in [6, 6.07) is 9.73. The van der Waals surface area contributed by atoms with Gasteiger partial charge in [-0.15, -0.1) is 22.7 Å². The molecule has 0 aliphatic rings. The van der Waals surface area contributed by atoms with Crippen LogP contribution in [-0.2, 0) is 21.2 Å². The summed E-state index contributed by atoms with van der Waals surface area (Å²) in [5, 5.41) is 7.27. The number of hydrogen-bond donors (Lipinski definition) is 2. The molecule has 7 nitrogen and oxygen atoms in total. The second kappa shape index (κ2) is 9.07. The van der Waals surface area contributed by atoms with Crippen molar-refractivity contribution < 1.29 is 18.0 Å². The van der Waals surface area contributed by atoms with Gasteiger partial charge in [0.05, 0.1) is 27.3 Å². The van der Waals surface area contributed by atoms with Crippen molar-refractivity contribution in [2.24, 2.45) is 0 Å². The molecule has 1 aromatic carbocycles. The predicted molar refractivity (Wildman–Crippen MR) is 120 cm³/mol. The first-order chi connectivity index (χ1) is 14.2. The van der Waals surface area contributed by atoms with Crippen LogP contribution in [0, 0.1) is 0 Å². The molecule has 158 valence electrons. The Morgan fingerprint density at radius 2 is 1.80 bits per heavy atom. The third-order valence-corrected chi connectivity index (χ3v) is 8.25. The summed E-state index contributed by atoms with van der Waals surface area (Å²) in [6.45, 7) is 5.18. The molecule has 0 radical (unpaired) electrons. The first kappa shape index (κ1) is 22.1. The van der Waals surface area contributed by atoms with Gasteiger partial charge in [-0.3, -0.25) is 14.9 Å². The Hall–Kier alpha value is -2.56. The smallest absolute Gasteiger partial charge is 0.257 e. The molecular weight excluding hydrogens is 442 g/mol. The Bertz CT molecular complexity index is 1160. The number of rotatable bonds is 7. The zero-order valence-electron chi connectivity index (χ0n) is 16.6. The molecule has 0 saturated carbocycles. The number of thiophene rings is 1. The molecule has 30 heavy (non-hydrogen) atoms. The first-order valence-corrected chi connectivity index (χ1v) is 12.4. The summed E-state index contributed by atoms with van der Waals surface area (Å²) in [7, 11) is -3.38. The number of benzene rings is 1. The van der Waals surface area contributed by atoms with Gasteiger partial charge in [-0.1, -0.05) is 0 Å². The van der Waals surface area contributed by atoms with Gasteiger partial charge in [-0.05, 0) is 50.2 Å². The van der Waals surface area contributed by atoms with Gasteiger partial charge in [0, 0.05) is 22.7 Å². The molecule has 0 aliphatic heterocycles. The molecule has 0 bridgehead atoms. The third-order valence-electron chi connectivity index (χ3n) is 4.22. The monoisotopic (exact) mass is 463 g/mol. The maximum absolute atomic E-state index is 12.5. The van der Waals surface area contributed by atoms with Gasteiger partial charge in [0.15, 0.2) is 15.0 Å². The van der Waals surface area contributed by atoms with Crippen LogP contribution in [0.2, 0.25) is 0 Å². The number of aromatic nitrogens is 1. The van der Waals surface area contributed by atoms with Crippen molar-refractivity contribution in [1.29, 1.82) is 0 Å². The lowest BCUT2D eigenvalue weighted by molar-refractivity contribution is -0.119. The molecule has 0 aliphatic carbocycles. The summed E-state index contributed by atoms with van der Waals surface area (Å²) in [5.41, 5.74) is 1.09. The highest BCUT2D eigenvalue weighted by Crippen LogP contribution is 2.31. The minimum atomic E-state index is -3.38. The fourth-order valence-electron chi connectivity index (χ4n) is 2.50. The van der Waals surface area contributed by atoms with Crippen molar-refractivity contribution in [3.8, 4) is 10.6 Å². The lowest BCUT2D eigenvalue weighted by Crippen LogP contribution is -2.17. The van der Waals surface area contributed by atoms with Crippen molar-refractivity contribution >= 4 is 49.5 Å². The van der Waals surface area contributed by atoms with Crippen LogP contribution in [-0.4, -0.2) is 30.5 Å². The van der Waals surface area contributed by atoms with Crippen LogP contribution in [0.15, 0.2) is 46.7 Å². The Morgan fingerprint density at radius 3 is 2.43 bits per heavy atom. The lowest BCUT2D eigenvalue weighted by atomic mass is 10.2. The van der Waals surface area contributed by atoms with Crippen LogP contribution >= 0.6 is 22.7 Å². The predicted octanol–water partition coefficient (Wildman–Crippen LogP) is 3.94. The number of sulfone groups is 1. The zero-order valence-corrected chi connectivity index (χ0v) is 19.1. The van der Waals surface area contributed by atoms with Gasteiger partial charge in [-0.25, -0.2) is 13.4 Å². The highest BCUT2D eigenvalue weighted by atomic mass is 32.2. The van der Waals surface area contributed by atoms with Gasteiger partial charge in [-0.2, -0.15) is 0 Å². The number of amides is 2. The average Bonchev–Trinajstić information content (AvgIpc) is 3.35. The largest absolute Gasteiger partial charge is 0.351 e. The topological polar surface area (TPSA) is 105 Å². The Labute approximate surface area is 183 Å². The Morgan fingerprint density at radius 1 is 1.10 bits per heavy atom. The molecule has 0 fully saturated rings. The number of hydrogen-bond acceptors (Lipinski definition) is 7. The summed E-state index contributed by atoms with van der Waals surface area (Å²) in [4.78, 5) is 30.1. The lowest BCUT2D eigenvalue weighted by Gasteiger charge is -2.08. The summed E-state index contributed by atoms with van der Waals surface area (Å²) < 4.78 is 24.4. The first-order valence-electron chi connectivity index (χ1n) is 9.11. The number of anilines is 1. The van der Waals surface area contributed by atoms with E-state index in [0.29, 0.717) is 17.2 Å². The quantitative estimate of drug-likeness (QED) is 0.552. The summed E-state index contributed by atoms with van der Waals surface area (Å²) in [6.07, 6.45) is 0. The van der Waals surface area contributed by atoms with E-state index in [0.717, 1.165) is 15.4 Å². The molecule has 3 aromatic rings. The molecule has 2 N–H and O–H groups in total. The molecular formula is C20H21N3O4S3. The van der Waals surface area contributed by atoms with E-state index in [1.54, 1.807) is 13.8 Å². The minimum absolute atomic E-state index is 0.0848. The number of carbonyl (C=O) groups is 2. The van der Waals surface area contributed by atoms with Crippen LogP contribution in [0.4, 0.5) is 5.13 Å². The number of thiazole rings is 1. The van der Waals surface area contributed by atoms with Crippen LogP contribution in [0.5, 0.6) is 0 Å². The van der Waals surface area contributed by atoms with Gasteiger partial charge >= 0.3 is 0 Å². The molecule has 2 aromatic heterocycles. The molecule has 2 heterocycles. The van der Waals surface area contributed by atoms with E-state index >= 15 is 0 Å². The van der Waals surface area contributed by atoms with Crippen LogP contribution < -0.4 is 10.6 Å². The second-order valence-electron chi connectivity index (χ2n) is 6.79. The zero-order chi connectivity index (χ0) is 21.9. The summed E-state index contributed by atoms with van der Waals surface area (Å²) in [5.74, 6) is -0.444. The van der Waals surface area contributed by atoms with E-state index in [-0.39, 0.29) is 16.7 Å². The number of nitrogens with one attached hydrogen (secondary N) is 2. The van der Waals surface area contributed by atoms with Gasteiger partial charge < -0.3 is 5.32 Å². The van der Waals surface area contributed by atoms with Crippen molar-refractivity contribution in [1.82, 2.24) is 10.3 Å². The molecule has 2 amide bonds. The second-order valence-corrected chi connectivity index (χ2v) is 11.3. The van der Waals surface area contributed by atoms with E-state index < -0.39 is 15.1 Å². The van der Waals surface area contributed by atoms with Gasteiger partial charge in [0.25, 0.3) is 5.91 Å². The van der Waals surface area contributed by atoms with E-state index in [4.69, 9.17) is 0 Å². The number of carbonyl (C=O) groups excluding carboxylic acids is 2. The van der Waals surface area contributed by atoms with Crippen LogP contribution in [0.1, 0.15) is 36.0 Å². The maximum atomic E-state index is 12.5. The summed E-state index contributed by atoms with van der Waals surface area (Å²) >= 11 is 2.83. The van der Waals surface area contributed by atoms with E-state index in [9.17, 15) is 18.0 Å². The van der Waals surface area contributed by atoms with Gasteiger partial charge in [0.2, 0.25) is 5.91 Å². The fraction of sp³-hybridized carbons (Fsp3) is 0.250. The molecule has 0 saturated heterocycles. The third kappa shape index (κ3) is 5.13. The SMILES string of the molecule is CC(=O)NCc1ccc(-c2csc(NC(=O)c3ccc(S(=O)(=O)C(C)C)cc3)n2)s1. The Kier molecular flexibility index (Phi) is 6.69. The maximum Gasteiger partial charge on any atom is 0.257 e. The molecule has 0 atom stereocenters. The van der Waals surface area contributed by atoms with Gasteiger partial charge in [0.1, 0.15) is 0 Å². The molecule has 10 heteroatoms. The molecule has 3 rings (SSSR count). The van der Waals surface area contributed by atoms with Crippen LogP contribution in [0.25, 0.3) is 10.6 Å². The van der Waals surface area contributed by atoms with Crippen molar-refractivity contribution in [2.75, 3.05) is 5.32 Å². The minimum Gasteiger partial charge on any atom is -0.351 e. The van der Waals surface area contributed by atoms with E-state index in [2.05, 4.69) is 15.6 Å². The van der Waals surface area contributed by atoms with Crippen LogP contribution in [0.3, 0.4) is 0 Å². The average molecular weight is 464 g/mol. The van der Waals surface area contributed by atoms with Crippen molar-refractivity contribution in [2.45, 2.75) is 37.5 Å². The molecule has 0 unspecified atom stereocenters. The highest BCUT2D eigenvalue weighted by Gasteiger charge is 2.19. The highest BCUT2D eigenvalue weighted by molar-refractivity contribution is 7.92. The fourth-order valence-corrected chi connectivity index (χ4v) is 5.25. The van der Waals surface area contributed by atoms with Crippen molar-refractivity contribution in [3.05, 3.63) is 52.2 Å². The standard InChI is InChI=1S/C20H21N3O4S3/c1-12(2)30(26,27)16-7-4-14(5-8-16)19(25)23-20-22-17(11-28-20)18-9-6-15(29-18)10-21-13(3)24/h4-9,11-12H,10H2,1-3H3,(H,21,24)(H,22,23,25). The normalized spacial score (nSPS) is 11.5. The molecule has 0 spiro atoms. The van der Waals surface area contributed by atoms with Crippen molar-refractivity contribution in [3.63, 3.8) is 0 Å². The van der Waals surface area contributed by atoms with E-state index in [1.165, 1.54) is 53.9 Å². The Balaban J connectivity index is 1.67. The van der Waals surface area contributed by atoms with E-state index in [1.807, 2.05) is 17.5 Å².